The van der Waals surface area contributed by atoms with Crippen molar-refractivity contribution >= 4 is 0 Å². The predicted molar refractivity (Wildman–Crippen MR) is 77.9 cm³/mol. The summed E-state index contributed by atoms with van der Waals surface area (Å²) in [6.45, 7) is 0. The molecule has 3 aliphatic rings. The largest absolute Gasteiger partial charge is 0.0804 e. The van der Waals surface area contributed by atoms with Crippen LogP contribution in [0.3, 0.4) is 0 Å². The minimum Gasteiger partial charge on any atom is -0.0804 e. The first-order chi connectivity index (χ1) is 8.95. The van der Waals surface area contributed by atoms with E-state index in [1.807, 2.05) is 0 Å². The smallest absolute Gasteiger partial charge is 0.00188 e. The van der Waals surface area contributed by atoms with Crippen molar-refractivity contribution in [1.29, 1.82) is 0 Å². The number of fused-ring (bicyclic) bond motifs is 3. The van der Waals surface area contributed by atoms with Gasteiger partial charge in [0.05, 0.1) is 0 Å². The molecule has 0 aliphatic heterocycles. The zero-order valence-corrected chi connectivity index (χ0v) is 10.4. The Kier molecular flexibility index (Phi) is 3.27. The second-order valence-electron chi connectivity index (χ2n) is 5.00. The van der Waals surface area contributed by atoms with Crippen molar-refractivity contribution in [3.8, 4) is 0 Å². The molecule has 0 aromatic carbocycles. The average molecular weight is 234 g/mol. The maximum absolute atomic E-state index is 2.36. The van der Waals surface area contributed by atoms with Gasteiger partial charge in [-0.2, -0.15) is 0 Å². The molecule has 0 fully saturated rings. The molecule has 0 spiro atoms. The highest BCUT2D eigenvalue weighted by molar-refractivity contribution is 5.29. The van der Waals surface area contributed by atoms with Crippen molar-refractivity contribution < 1.29 is 0 Å². The van der Waals surface area contributed by atoms with Crippen molar-refractivity contribution in [2.45, 2.75) is 0 Å². The van der Waals surface area contributed by atoms with Crippen LogP contribution in [0.1, 0.15) is 0 Å². The van der Waals surface area contributed by atoms with E-state index in [2.05, 4.69) is 85.1 Å². The van der Waals surface area contributed by atoms with Crippen LogP contribution < -0.4 is 0 Å². The Hall–Kier alpha value is -1.82. The van der Waals surface area contributed by atoms with E-state index in [0.717, 1.165) is 0 Å². The maximum Gasteiger partial charge on any atom is 0.00188 e. The van der Waals surface area contributed by atoms with Crippen LogP contribution in [0, 0.1) is 23.7 Å². The van der Waals surface area contributed by atoms with Gasteiger partial charge in [0.15, 0.2) is 0 Å². The van der Waals surface area contributed by atoms with E-state index in [-0.39, 0.29) is 0 Å². The molecule has 18 heavy (non-hydrogen) atoms. The van der Waals surface area contributed by atoms with Gasteiger partial charge in [0, 0.05) is 11.8 Å². The second-order valence-corrected chi connectivity index (χ2v) is 5.00. The van der Waals surface area contributed by atoms with Crippen molar-refractivity contribution in [3.63, 3.8) is 0 Å². The molecule has 0 heteroatoms. The Morgan fingerprint density at radius 1 is 0.333 bits per heavy atom. The molecular weight excluding hydrogens is 216 g/mol. The van der Waals surface area contributed by atoms with Gasteiger partial charge >= 0.3 is 0 Å². The molecule has 90 valence electrons. The molecule has 0 nitrogen and oxygen atoms in total. The Morgan fingerprint density at radius 2 is 0.722 bits per heavy atom. The van der Waals surface area contributed by atoms with E-state index in [9.17, 15) is 0 Å². The molecule has 0 amide bonds. The highest BCUT2D eigenvalue weighted by Crippen LogP contribution is 2.38. The van der Waals surface area contributed by atoms with Crippen molar-refractivity contribution in [1.82, 2.24) is 0 Å². The Balaban J connectivity index is 1.99. The van der Waals surface area contributed by atoms with E-state index >= 15 is 0 Å². The van der Waals surface area contributed by atoms with E-state index in [1.54, 1.807) is 0 Å². The molecule has 4 atom stereocenters. The third-order valence-corrected chi connectivity index (χ3v) is 3.89. The fourth-order valence-corrected chi connectivity index (χ4v) is 2.95. The van der Waals surface area contributed by atoms with Gasteiger partial charge in [-0.25, -0.2) is 0 Å². The lowest BCUT2D eigenvalue weighted by molar-refractivity contribution is 0.352. The zero-order valence-electron chi connectivity index (χ0n) is 10.4. The monoisotopic (exact) mass is 234 g/mol. The quantitative estimate of drug-likeness (QED) is 0.545. The Morgan fingerprint density at radius 3 is 1.17 bits per heavy atom. The molecule has 3 rings (SSSR count). The highest BCUT2D eigenvalue weighted by atomic mass is 14.3. The van der Waals surface area contributed by atoms with Crippen LogP contribution in [0.4, 0.5) is 0 Å². The molecule has 0 radical (unpaired) electrons. The van der Waals surface area contributed by atoms with Gasteiger partial charge in [0.2, 0.25) is 0 Å². The van der Waals surface area contributed by atoms with Crippen LogP contribution >= 0.6 is 0 Å². The van der Waals surface area contributed by atoms with Gasteiger partial charge in [-0.3, -0.25) is 0 Å². The summed E-state index contributed by atoms with van der Waals surface area (Å²) in [6.07, 6.45) is 31.2. The minimum atomic E-state index is 0.522. The third kappa shape index (κ3) is 2.24. The second kappa shape index (κ2) is 5.22. The van der Waals surface area contributed by atoms with Crippen LogP contribution in [0.15, 0.2) is 85.1 Å². The number of allylic oxidation sites excluding steroid dienone is 14. The van der Waals surface area contributed by atoms with Crippen LogP contribution in [0.2, 0.25) is 0 Å². The molecule has 0 bridgehead atoms. The van der Waals surface area contributed by atoms with Gasteiger partial charge in [-0.15, -0.1) is 0 Å². The SMILES string of the molecule is C1=C[C@@H]2C=C[C@@H]3/C=C\C=C/C=C[C@H]3[C@H]2/C=C\C=C/1. The molecule has 0 saturated heterocycles. The van der Waals surface area contributed by atoms with Crippen molar-refractivity contribution in [3.05, 3.63) is 85.1 Å². The summed E-state index contributed by atoms with van der Waals surface area (Å²) >= 11 is 0. The van der Waals surface area contributed by atoms with Crippen molar-refractivity contribution in [2.24, 2.45) is 23.7 Å². The number of hydrogen-bond acceptors (Lipinski definition) is 0. The zero-order chi connectivity index (χ0) is 12.2. The van der Waals surface area contributed by atoms with Gasteiger partial charge in [-0.1, -0.05) is 85.1 Å². The lowest BCUT2D eigenvalue weighted by Crippen LogP contribution is -2.27. The van der Waals surface area contributed by atoms with Gasteiger partial charge in [0.1, 0.15) is 0 Å². The fraction of sp³-hybridized carbons (Fsp3) is 0.222. The number of hydrogen-bond donors (Lipinski definition) is 0. The van der Waals surface area contributed by atoms with Crippen LogP contribution in [-0.2, 0) is 0 Å². The highest BCUT2D eigenvalue weighted by Gasteiger charge is 2.30. The van der Waals surface area contributed by atoms with Crippen molar-refractivity contribution in [2.75, 3.05) is 0 Å². The van der Waals surface area contributed by atoms with Crippen LogP contribution in [0.25, 0.3) is 0 Å². The first-order valence-electron chi connectivity index (χ1n) is 6.67. The topological polar surface area (TPSA) is 0 Å². The van der Waals surface area contributed by atoms with E-state index < -0.39 is 0 Å². The van der Waals surface area contributed by atoms with Crippen LogP contribution in [0.5, 0.6) is 0 Å². The third-order valence-electron chi connectivity index (χ3n) is 3.89. The predicted octanol–water partition coefficient (Wildman–Crippen LogP) is 4.39. The minimum absolute atomic E-state index is 0.522. The molecule has 3 aliphatic carbocycles. The lowest BCUT2D eigenvalue weighted by Gasteiger charge is -2.35. The molecule has 0 aromatic rings. The van der Waals surface area contributed by atoms with E-state index in [1.165, 1.54) is 0 Å². The summed E-state index contributed by atoms with van der Waals surface area (Å²) in [7, 11) is 0. The number of rotatable bonds is 0. The summed E-state index contributed by atoms with van der Waals surface area (Å²) in [4.78, 5) is 0. The van der Waals surface area contributed by atoms with Gasteiger partial charge < -0.3 is 0 Å². The normalized spacial score (nSPS) is 43.6. The van der Waals surface area contributed by atoms with Gasteiger partial charge in [-0.05, 0) is 11.8 Å². The van der Waals surface area contributed by atoms with Gasteiger partial charge in [0.25, 0.3) is 0 Å². The molecule has 0 aromatic heterocycles. The lowest BCUT2D eigenvalue weighted by atomic mass is 9.69. The van der Waals surface area contributed by atoms with Crippen LogP contribution in [-0.4, -0.2) is 0 Å². The first kappa shape index (κ1) is 11.3. The molecule has 0 heterocycles. The summed E-state index contributed by atoms with van der Waals surface area (Å²) in [5.41, 5.74) is 0. The fourth-order valence-electron chi connectivity index (χ4n) is 2.95. The summed E-state index contributed by atoms with van der Waals surface area (Å²) < 4.78 is 0. The molecule has 0 unspecified atom stereocenters. The summed E-state index contributed by atoms with van der Waals surface area (Å²) in [6, 6.07) is 0. The summed E-state index contributed by atoms with van der Waals surface area (Å²) in [5, 5.41) is 0. The average Bonchev–Trinajstić information content (AvgIpc) is 2.31. The maximum atomic E-state index is 2.36. The van der Waals surface area contributed by atoms with E-state index in [0.29, 0.717) is 23.7 Å². The van der Waals surface area contributed by atoms with E-state index in [4.69, 9.17) is 0 Å². The Bertz CT molecular complexity index is 448. The Labute approximate surface area is 109 Å². The standard InChI is InChI=1S/C18H18/c1-3-7-11-17-15(9-5-1)13-14-16-10-6-2-4-8-12-18(16)17/h1-18H/b3-1-,4-2-,9-5-,10-6?,11-7?,12-8-/t15-,16+,17+,18-/m0/s1. The molecule has 0 N–H and O–H groups in total. The molecular formula is C18H18. The first-order valence-corrected chi connectivity index (χ1v) is 6.67. The summed E-state index contributed by atoms with van der Waals surface area (Å²) in [5.74, 6) is 2.17. The molecule has 0 saturated carbocycles.